The molecule has 6 aliphatic heterocycles. The molecule has 6 heterocycles. The summed E-state index contributed by atoms with van der Waals surface area (Å²) in [6.45, 7) is 0. The van der Waals surface area contributed by atoms with E-state index in [1.54, 1.807) is 16.7 Å². The van der Waals surface area contributed by atoms with E-state index in [9.17, 15) is 4.79 Å². The molecule has 6 bridgehead atoms. The van der Waals surface area contributed by atoms with Crippen LogP contribution in [0.25, 0.3) is 0 Å². The van der Waals surface area contributed by atoms with E-state index in [-0.39, 0.29) is 47.1 Å². The number of rotatable bonds is 0. The second kappa shape index (κ2) is 8.92. The fourth-order valence-electron chi connectivity index (χ4n) is 12.7. The Balaban J connectivity index is 1.11. The standard InChI is InChI=1S/C38H46O4/c39-29-15-16-31-37(27-13-6-9-23(27)33(29)40-31)22-18-32-38(28-14-8-11-25(28)35(37)42-32)21-17-30-36(19-4-2-1-3-5-20-36)26-12-7-10-24(26)34(38)41-30/h6,13,15-16,30-35H,1-5,7-12,14,17-22H2/t30-,31?,32-,33?,34-,35-,37+,38+/m1/s1. The molecule has 3 fully saturated rings. The van der Waals surface area contributed by atoms with Gasteiger partial charge in [0.15, 0.2) is 5.78 Å². The van der Waals surface area contributed by atoms with E-state index in [4.69, 9.17) is 14.2 Å². The molecule has 0 aromatic carbocycles. The monoisotopic (exact) mass is 566 g/mol. The Morgan fingerprint density at radius 3 is 2.19 bits per heavy atom. The summed E-state index contributed by atoms with van der Waals surface area (Å²) in [6, 6.07) is 0. The van der Waals surface area contributed by atoms with Gasteiger partial charge in [-0.15, -0.1) is 0 Å². The van der Waals surface area contributed by atoms with E-state index in [0.717, 1.165) is 25.7 Å². The number of hydrogen-bond acceptors (Lipinski definition) is 4. The lowest BCUT2D eigenvalue weighted by Crippen LogP contribution is -2.67. The summed E-state index contributed by atoms with van der Waals surface area (Å²) in [5.41, 5.74) is 9.67. The van der Waals surface area contributed by atoms with Crippen molar-refractivity contribution >= 4 is 5.78 Å². The van der Waals surface area contributed by atoms with Gasteiger partial charge in [0.2, 0.25) is 0 Å². The summed E-state index contributed by atoms with van der Waals surface area (Å²) in [5.74, 6) is 0.115. The maximum Gasteiger partial charge on any atom is 0.188 e. The maximum atomic E-state index is 12.8. The van der Waals surface area contributed by atoms with Crippen LogP contribution in [-0.4, -0.2) is 42.4 Å². The summed E-state index contributed by atoms with van der Waals surface area (Å²) >= 11 is 0. The van der Waals surface area contributed by atoms with Crippen LogP contribution in [-0.2, 0) is 19.0 Å². The molecule has 0 N–H and O–H groups in total. The molecule has 2 unspecified atom stereocenters. The van der Waals surface area contributed by atoms with E-state index in [2.05, 4.69) is 18.2 Å². The third-order valence-electron chi connectivity index (χ3n) is 14.2. The van der Waals surface area contributed by atoms with E-state index < -0.39 is 0 Å². The van der Waals surface area contributed by atoms with Gasteiger partial charge >= 0.3 is 0 Å². The van der Waals surface area contributed by atoms with Crippen LogP contribution in [0, 0.1) is 16.2 Å². The number of hydrogen-bond donors (Lipinski definition) is 0. The Bertz CT molecular complexity index is 1400. The lowest BCUT2D eigenvalue weighted by atomic mass is 9.50. The molecule has 4 nitrogen and oxygen atoms in total. The van der Waals surface area contributed by atoms with Crippen LogP contribution in [0.3, 0.4) is 0 Å². The van der Waals surface area contributed by atoms with Crippen molar-refractivity contribution in [3.05, 3.63) is 57.7 Å². The number of ether oxygens (including phenoxy) is 3. The van der Waals surface area contributed by atoms with Gasteiger partial charge in [0.1, 0.15) is 6.10 Å². The number of carbonyl (C=O) groups is 1. The zero-order valence-electron chi connectivity index (χ0n) is 25.1. The topological polar surface area (TPSA) is 44.8 Å². The number of fused-ring (bicyclic) bond motifs is 17. The van der Waals surface area contributed by atoms with Gasteiger partial charge in [-0.1, -0.05) is 61.5 Å². The molecule has 10 aliphatic rings. The lowest BCUT2D eigenvalue weighted by Gasteiger charge is -2.65. The van der Waals surface area contributed by atoms with Crippen LogP contribution >= 0.6 is 0 Å². The molecule has 4 heteroatoms. The molecule has 0 amide bonds. The van der Waals surface area contributed by atoms with Gasteiger partial charge in [-0.25, -0.2) is 0 Å². The molecule has 222 valence electrons. The molecule has 0 radical (unpaired) electrons. The van der Waals surface area contributed by atoms with E-state index in [1.807, 2.05) is 11.6 Å². The number of carbonyl (C=O) groups excluding carboxylic acids is 1. The normalized spacial score (nSPS) is 46.4. The smallest absolute Gasteiger partial charge is 0.188 e. The number of allylic oxidation sites excluding steroid dienone is 2. The fraction of sp³-hybridized carbons (Fsp3) is 0.711. The lowest BCUT2D eigenvalue weighted by molar-refractivity contribution is -0.239. The van der Waals surface area contributed by atoms with Gasteiger partial charge < -0.3 is 14.2 Å². The quantitative estimate of drug-likeness (QED) is 0.279. The molecule has 2 saturated heterocycles. The van der Waals surface area contributed by atoms with Crippen molar-refractivity contribution in [2.24, 2.45) is 16.2 Å². The molecule has 1 saturated carbocycles. The first-order valence-corrected chi connectivity index (χ1v) is 17.7. The van der Waals surface area contributed by atoms with Crippen molar-refractivity contribution in [3.8, 4) is 0 Å². The van der Waals surface area contributed by atoms with Crippen LogP contribution in [0.5, 0.6) is 0 Å². The highest BCUT2D eigenvalue weighted by molar-refractivity contribution is 5.97. The van der Waals surface area contributed by atoms with Gasteiger partial charge in [0.25, 0.3) is 0 Å². The molecule has 3 spiro atoms. The van der Waals surface area contributed by atoms with Crippen molar-refractivity contribution in [2.45, 2.75) is 152 Å². The molecule has 42 heavy (non-hydrogen) atoms. The minimum Gasteiger partial charge on any atom is -0.369 e. The van der Waals surface area contributed by atoms with Crippen molar-refractivity contribution in [2.75, 3.05) is 0 Å². The second-order valence-corrected chi connectivity index (χ2v) is 15.5. The van der Waals surface area contributed by atoms with E-state index in [1.165, 1.54) is 101 Å². The summed E-state index contributed by atoms with van der Waals surface area (Å²) in [5, 5.41) is 0. The molecular weight excluding hydrogens is 520 g/mol. The van der Waals surface area contributed by atoms with Crippen LogP contribution < -0.4 is 0 Å². The summed E-state index contributed by atoms with van der Waals surface area (Å²) in [4.78, 5) is 12.8. The van der Waals surface area contributed by atoms with Crippen LogP contribution in [0.2, 0.25) is 0 Å². The largest absolute Gasteiger partial charge is 0.369 e. The predicted molar refractivity (Wildman–Crippen MR) is 161 cm³/mol. The summed E-state index contributed by atoms with van der Waals surface area (Å²) in [7, 11) is 0. The Labute approximate surface area is 250 Å². The third kappa shape index (κ3) is 2.99. The Morgan fingerprint density at radius 2 is 1.33 bits per heavy atom. The maximum absolute atomic E-state index is 12.8. The highest BCUT2D eigenvalue weighted by Gasteiger charge is 2.68. The average molecular weight is 567 g/mol. The van der Waals surface area contributed by atoms with E-state index in [0.29, 0.717) is 11.5 Å². The Kier molecular flexibility index (Phi) is 5.43. The van der Waals surface area contributed by atoms with Gasteiger partial charge in [-0.3, -0.25) is 4.79 Å². The minimum absolute atomic E-state index is 0.0216. The van der Waals surface area contributed by atoms with Gasteiger partial charge in [-0.2, -0.15) is 0 Å². The SMILES string of the molecule is O=C1C=CC2OC1C1=C(C=CC1)[C@@]21CC[C@H]2O[C@@H]1C1=C(CCC1)[C@@]21CC[C@H]2O[C@@H]1C1=C(CCC1)C21CCCCCCC1. The summed E-state index contributed by atoms with van der Waals surface area (Å²) < 4.78 is 21.7. The highest BCUT2D eigenvalue weighted by atomic mass is 16.5. The third-order valence-corrected chi connectivity index (χ3v) is 14.2. The first-order chi connectivity index (χ1) is 20.7. The van der Waals surface area contributed by atoms with Crippen molar-refractivity contribution < 1.29 is 19.0 Å². The molecular formula is C38H46O4. The zero-order valence-corrected chi connectivity index (χ0v) is 25.1. The van der Waals surface area contributed by atoms with Crippen LogP contribution in [0.15, 0.2) is 57.7 Å². The van der Waals surface area contributed by atoms with Gasteiger partial charge in [0, 0.05) is 10.8 Å². The zero-order chi connectivity index (χ0) is 27.7. The molecule has 0 aromatic rings. The second-order valence-electron chi connectivity index (χ2n) is 15.5. The summed E-state index contributed by atoms with van der Waals surface area (Å²) in [6.07, 6.45) is 31.6. The molecule has 4 aliphatic carbocycles. The molecule has 0 aromatic heterocycles. The Hall–Kier alpha value is -1.75. The highest BCUT2D eigenvalue weighted by Crippen LogP contribution is 2.69. The number of ketones is 1. The van der Waals surface area contributed by atoms with Crippen LogP contribution in [0.1, 0.15) is 116 Å². The van der Waals surface area contributed by atoms with E-state index >= 15 is 0 Å². The molecule has 8 atom stereocenters. The average Bonchev–Trinajstić information content (AvgIpc) is 3.78. The van der Waals surface area contributed by atoms with Gasteiger partial charge in [0.05, 0.1) is 35.9 Å². The van der Waals surface area contributed by atoms with Crippen LogP contribution in [0.4, 0.5) is 0 Å². The minimum atomic E-state index is -0.389. The first kappa shape index (κ1) is 25.6. The van der Waals surface area contributed by atoms with Crippen molar-refractivity contribution in [1.29, 1.82) is 0 Å². The molecule has 10 rings (SSSR count). The first-order valence-electron chi connectivity index (χ1n) is 17.7. The van der Waals surface area contributed by atoms with Crippen molar-refractivity contribution in [3.63, 3.8) is 0 Å². The Morgan fingerprint density at radius 1 is 0.643 bits per heavy atom. The fourth-order valence-corrected chi connectivity index (χ4v) is 12.7. The van der Waals surface area contributed by atoms with Gasteiger partial charge in [-0.05, 0) is 112 Å². The van der Waals surface area contributed by atoms with Crippen molar-refractivity contribution in [1.82, 2.24) is 0 Å². The predicted octanol–water partition coefficient (Wildman–Crippen LogP) is 7.94.